The highest BCUT2D eigenvalue weighted by molar-refractivity contribution is 5.81. The van der Waals surface area contributed by atoms with Gasteiger partial charge in [-0.3, -0.25) is 14.4 Å². The zero-order valence-corrected chi connectivity index (χ0v) is 17.4. The Bertz CT molecular complexity index is 698. The van der Waals surface area contributed by atoms with Crippen molar-refractivity contribution in [3.63, 3.8) is 0 Å². The van der Waals surface area contributed by atoms with E-state index in [2.05, 4.69) is 10.1 Å². The van der Waals surface area contributed by atoms with Gasteiger partial charge in [-0.25, -0.2) is 4.79 Å². The number of alkyl carbamates (subject to hydrolysis) is 1. The molecule has 3 N–H and O–H groups in total. The molecule has 1 aromatic rings. The predicted octanol–water partition coefficient (Wildman–Crippen LogP) is 2.68. The van der Waals surface area contributed by atoms with Crippen LogP contribution in [0.3, 0.4) is 0 Å². The molecule has 0 saturated heterocycles. The van der Waals surface area contributed by atoms with Crippen molar-refractivity contribution in [1.82, 2.24) is 5.32 Å². The average Bonchev–Trinajstić information content (AvgIpc) is 2.64. The lowest BCUT2D eigenvalue weighted by Gasteiger charge is -2.19. The van der Waals surface area contributed by atoms with Gasteiger partial charge >= 0.3 is 24.0 Å². The van der Waals surface area contributed by atoms with Gasteiger partial charge in [-0.15, -0.1) is 0 Å². The maximum atomic E-state index is 11.4. The average molecular weight is 411 g/mol. The third-order valence-electron chi connectivity index (χ3n) is 3.80. The van der Waals surface area contributed by atoms with Crippen LogP contribution in [0.2, 0.25) is 0 Å². The molecule has 29 heavy (non-hydrogen) atoms. The van der Waals surface area contributed by atoms with Crippen LogP contribution in [0.5, 0.6) is 0 Å². The number of carboxylic acid groups (broad SMARTS) is 2. The van der Waals surface area contributed by atoms with Crippen molar-refractivity contribution in [3.05, 3.63) is 35.9 Å². The molecule has 0 radical (unpaired) electrons. The normalized spacial score (nSPS) is 10.8. The number of carbonyl (C=O) groups excluding carboxylic acids is 2. The first-order valence-electron chi connectivity index (χ1n) is 8.80. The van der Waals surface area contributed by atoms with E-state index in [1.54, 1.807) is 0 Å². The second-order valence-electron chi connectivity index (χ2n) is 7.55. The van der Waals surface area contributed by atoms with Gasteiger partial charge in [0.05, 0.1) is 24.4 Å². The molecule has 0 aliphatic heterocycles. The molecule has 9 heteroatoms. The van der Waals surface area contributed by atoms with Crippen LogP contribution >= 0.6 is 0 Å². The Labute approximate surface area is 170 Å². The van der Waals surface area contributed by atoms with Crippen molar-refractivity contribution in [2.75, 3.05) is 13.7 Å². The number of nitrogens with one attached hydrogen (secondary N) is 1. The van der Waals surface area contributed by atoms with Crippen LogP contribution in [0.15, 0.2) is 30.3 Å². The molecular formula is C20H29NO8. The number of amides is 1. The van der Waals surface area contributed by atoms with Crippen LogP contribution in [0.25, 0.3) is 0 Å². The maximum Gasteiger partial charge on any atom is 0.407 e. The summed E-state index contributed by atoms with van der Waals surface area (Å²) >= 11 is 0. The molecule has 1 aromatic carbocycles. The van der Waals surface area contributed by atoms with Crippen LogP contribution in [-0.2, 0) is 30.5 Å². The van der Waals surface area contributed by atoms with Gasteiger partial charge in [0.2, 0.25) is 0 Å². The Morgan fingerprint density at radius 3 is 1.97 bits per heavy atom. The van der Waals surface area contributed by atoms with Crippen molar-refractivity contribution < 1.29 is 38.9 Å². The van der Waals surface area contributed by atoms with Gasteiger partial charge in [-0.05, 0) is 33.3 Å². The van der Waals surface area contributed by atoms with Crippen LogP contribution < -0.4 is 5.32 Å². The summed E-state index contributed by atoms with van der Waals surface area (Å²) in [6, 6.07) is 9.26. The van der Waals surface area contributed by atoms with E-state index in [0.717, 1.165) is 5.56 Å². The molecule has 0 atom stereocenters. The molecule has 1 amide bonds. The van der Waals surface area contributed by atoms with Crippen LogP contribution in [0.1, 0.15) is 39.7 Å². The zero-order chi connectivity index (χ0) is 22.7. The molecule has 0 spiro atoms. The third-order valence-corrected chi connectivity index (χ3v) is 3.80. The Balaban J connectivity index is 0.000000614. The smallest absolute Gasteiger partial charge is 0.407 e. The number of carboxylic acids is 2. The van der Waals surface area contributed by atoms with Crippen molar-refractivity contribution >= 4 is 24.0 Å². The van der Waals surface area contributed by atoms with Crippen LogP contribution in [0.4, 0.5) is 4.79 Å². The van der Waals surface area contributed by atoms with E-state index >= 15 is 0 Å². The summed E-state index contributed by atoms with van der Waals surface area (Å²) in [5, 5.41) is 19.7. The molecule has 0 aliphatic carbocycles. The number of ether oxygens (including phenoxy) is 2. The summed E-state index contributed by atoms with van der Waals surface area (Å²) in [5.41, 5.74) is -1.06. The van der Waals surface area contributed by atoms with Crippen molar-refractivity contribution in [2.24, 2.45) is 10.8 Å². The number of carbonyl (C=O) groups is 4. The van der Waals surface area contributed by atoms with Crippen molar-refractivity contribution in [2.45, 2.75) is 40.7 Å². The largest absolute Gasteiger partial charge is 0.481 e. The van der Waals surface area contributed by atoms with Gasteiger partial charge in [0, 0.05) is 6.54 Å². The van der Waals surface area contributed by atoms with Crippen LogP contribution in [-0.4, -0.2) is 47.9 Å². The summed E-state index contributed by atoms with van der Waals surface area (Å²) in [6.45, 7) is 6.33. The van der Waals surface area contributed by atoms with E-state index < -0.39 is 34.8 Å². The van der Waals surface area contributed by atoms with E-state index in [4.69, 9.17) is 14.9 Å². The minimum Gasteiger partial charge on any atom is -0.481 e. The van der Waals surface area contributed by atoms with Crippen LogP contribution in [0, 0.1) is 10.8 Å². The Hall–Kier alpha value is -3.10. The minimum absolute atomic E-state index is 0.0238. The molecule has 0 unspecified atom stereocenters. The lowest BCUT2D eigenvalue weighted by Crippen LogP contribution is -2.39. The first-order valence-corrected chi connectivity index (χ1v) is 8.80. The second kappa shape index (κ2) is 11.7. The first-order chi connectivity index (χ1) is 13.3. The molecule has 0 aliphatic rings. The summed E-state index contributed by atoms with van der Waals surface area (Å²) < 4.78 is 9.37. The lowest BCUT2D eigenvalue weighted by molar-refractivity contribution is -0.156. The van der Waals surface area contributed by atoms with E-state index in [1.165, 1.54) is 34.8 Å². The topological polar surface area (TPSA) is 139 Å². The van der Waals surface area contributed by atoms with Gasteiger partial charge < -0.3 is 25.0 Å². The summed E-state index contributed by atoms with van der Waals surface area (Å²) in [4.78, 5) is 43.3. The highest BCUT2D eigenvalue weighted by Gasteiger charge is 2.31. The number of aliphatic carboxylic acids is 2. The fourth-order valence-electron chi connectivity index (χ4n) is 1.87. The maximum absolute atomic E-state index is 11.4. The first kappa shape index (κ1) is 25.9. The molecule has 1 rings (SSSR count). The van der Waals surface area contributed by atoms with E-state index in [0.29, 0.717) is 0 Å². The standard InChI is InChI=1S/C13H17NO4.C7H12O4/c1-13(2,11(15)16)9-14-12(17)18-8-10-6-4-3-5-7-10;1-7(2,4-5(8)9)6(10)11-3/h3-7H,8-9H2,1-2H3,(H,14,17)(H,15,16);4H2,1-3H3,(H,8,9). The number of esters is 1. The number of hydrogen-bond acceptors (Lipinski definition) is 6. The predicted molar refractivity (Wildman–Crippen MR) is 104 cm³/mol. The highest BCUT2D eigenvalue weighted by atomic mass is 16.5. The monoisotopic (exact) mass is 411 g/mol. The number of hydrogen-bond donors (Lipinski definition) is 3. The molecule has 0 aromatic heterocycles. The van der Waals surface area contributed by atoms with Gasteiger partial charge in [-0.1, -0.05) is 30.3 Å². The Morgan fingerprint density at radius 2 is 1.52 bits per heavy atom. The molecule has 162 valence electrons. The molecule has 0 heterocycles. The fourth-order valence-corrected chi connectivity index (χ4v) is 1.87. The molecule has 9 nitrogen and oxygen atoms in total. The van der Waals surface area contributed by atoms with E-state index in [1.807, 2.05) is 30.3 Å². The second-order valence-corrected chi connectivity index (χ2v) is 7.55. The van der Waals surface area contributed by atoms with E-state index in [-0.39, 0.29) is 19.6 Å². The molecule has 0 fully saturated rings. The SMILES string of the molecule is CC(C)(CNC(=O)OCc1ccccc1)C(=O)O.COC(=O)C(C)(C)CC(=O)O. The zero-order valence-electron chi connectivity index (χ0n) is 17.4. The highest BCUT2D eigenvalue weighted by Crippen LogP contribution is 2.21. The van der Waals surface area contributed by atoms with Crippen molar-refractivity contribution in [1.29, 1.82) is 0 Å². The summed E-state index contributed by atoms with van der Waals surface area (Å²) in [6.07, 6.45) is -0.826. The van der Waals surface area contributed by atoms with Gasteiger partial charge in [0.25, 0.3) is 0 Å². The van der Waals surface area contributed by atoms with Gasteiger partial charge in [0.15, 0.2) is 0 Å². The summed E-state index contributed by atoms with van der Waals surface area (Å²) in [5.74, 6) is -2.47. The van der Waals surface area contributed by atoms with E-state index in [9.17, 15) is 19.2 Å². The Kier molecular flexibility index (Phi) is 10.4. The minimum atomic E-state index is -1.01. The number of benzene rings is 1. The molecular weight excluding hydrogens is 382 g/mol. The number of rotatable bonds is 8. The summed E-state index contributed by atoms with van der Waals surface area (Å²) in [7, 11) is 1.24. The van der Waals surface area contributed by atoms with Crippen molar-refractivity contribution in [3.8, 4) is 0 Å². The Morgan fingerprint density at radius 1 is 0.966 bits per heavy atom. The lowest BCUT2D eigenvalue weighted by atomic mass is 9.90. The molecule has 0 bridgehead atoms. The van der Waals surface area contributed by atoms with Gasteiger partial charge in [-0.2, -0.15) is 0 Å². The fraction of sp³-hybridized carbons (Fsp3) is 0.500. The quantitative estimate of drug-likeness (QED) is 0.555. The molecule has 0 saturated carbocycles. The van der Waals surface area contributed by atoms with Gasteiger partial charge in [0.1, 0.15) is 6.61 Å². The third kappa shape index (κ3) is 10.7. The number of methoxy groups -OCH3 is 1.